The average molecular weight is 378 g/mol. The Morgan fingerprint density at radius 3 is 2.23 bits per heavy atom. The molecule has 6 nitrogen and oxygen atoms in total. The van der Waals surface area contributed by atoms with E-state index in [0.717, 1.165) is 37.9 Å². The molecule has 0 atom stereocenters. The number of benzene rings is 1. The predicted octanol–water partition coefficient (Wildman–Crippen LogP) is 1.62. The van der Waals surface area contributed by atoms with Crippen molar-refractivity contribution in [3.8, 4) is 0 Å². The molecule has 3 heterocycles. The second-order valence-electron chi connectivity index (χ2n) is 7.57. The minimum atomic E-state index is -3.45. The monoisotopic (exact) mass is 377 g/mol. The first-order chi connectivity index (χ1) is 12.6. The van der Waals surface area contributed by atoms with Crippen LogP contribution in [0.5, 0.6) is 0 Å². The van der Waals surface area contributed by atoms with Crippen molar-refractivity contribution in [3.63, 3.8) is 0 Å². The zero-order valence-corrected chi connectivity index (χ0v) is 16.0. The third-order valence-electron chi connectivity index (χ3n) is 5.97. The highest BCUT2D eigenvalue weighted by molar-refractivity contribution is 7.86. The van der Waals surface area contributed by atoms with Gasteiger partial charge in [0.25, 0.3) is 10.2 Å². The standard InChI is InChI=1S/C19H27N3O3S/c23-19(20-10-3-4-11-20)17-8-12-21(13-9-17)26(24,25)22-14-7-16-5-1-2-6-18(16)15-22/h1-2,5-6,17H,3-4,7-15H2. The zero-order chi connectivity index (χ0) is 18.1. The number of piperidine rings is 1. The molecule has 2 saturated heterocycles. The molecule has 0 spiro atoms. The average Bonchev–Trinajstić information content (AvgIpc) is 3.22. The summed E-state index contributed by atoms with van der Waals surface area (Å²) >= 11 is 0. The molecule has 7 heteroatoms. The van der Waals surface area contributed by atoms with E-state index in [1.807, 2.05) is 23.1 Å². The second kappa shape index (κ2) is 7.29. The highest BCUT2D eigenvalue weighted by Crippen LogP contribution is 2.27. The minimum Gasteiger partial charge on any atom is -0.342 e. The highest BCUT2D eigenvalue weighted by Gasteiger charge is 2.37. The normalized spacial score (nSPS) is 23.2. The lowest BCUT2D eigenvalue weighted by Gasteiger charge is -2.37. The van der Waals surface area contributed by atoms with Gasteiger partial charge in [0.2, 0.25) is 5.91 Å². The molecule has 26 heavy (non-hydrogen) atoms. The van der Waals surface area contributed by atoms with Crippen LogP contribution in [0.25, 0.3) is 0 Å². The number of rotatable bonds is 3. The maximum atomic E-state index is 13.0. The number of nitrogens with zero attached hydrogens (tertiary/aromatic N) is 3. The summed E-state index contributed by atoms with van der Waals surface area (Å²) in [5.41, 5.74) is 2.34. The Morgan fingerprint density at radius 1 is 0.885 bits per heavy atom. The van der Waals surface area contributed by atoms with Gasteiger partial charge in [0.1, 0.15) is 0 Å². The molecule has 0 bridgehead atoms. The molecule has 0 unspecified atom stereocenters. The molecule has 0 aliphatic carbocycles. The molecule has 0 saturated carbocycles. The summed E-state index contributed by atoms with van der Waals surface area (Å²) in [5, 5.41) is 0. The van der Waals surface area contributed by atoms with Crippen molar-refractivity contribution >= 4 is 16.1 Å². The molecule has 3 aliphatic rings. The largest absolute Gasteiger partial charge is 0.342 e. The number of likely N-dealkylation sites (tertiary alicyclic amines) is 1. The van der Waals surface area contributed by atoms with Crippen LogP contribution in [0.4, 0.5) is 0 Å². The maximum Gasteiger partial charge on any atom is 0.282 e. The van der Waals surface area contributed by atoms with Crippen LogP contribution in [0.3, 0.4) is 0 Å². The summed E-state index contributed by atoms with van der Waals surface area (Å²) in [6.45, 7) is 3.61. The van der Waals surface area contributed by atoms with Gasteiger partial charge in [0.05, 0.1) is 0 Å². The molecule has 4 rings (SSSR count). The van der Waals surface area contributed by atoms with Crippen LogP contribution >= 0.6 is 0 Å². The van der Waals surface area contributed by atoms with Crippen LogP contribution in [0, 0.1) is 5.92 Å². The number of fused-ring (bicyclic) bond motifs is 1. The van der Waals surface area contributed by atoms with Crippen molar-refractivity contribution in [2.24, 2.45) is 5.92 Å². The van der Waals surface area contributed by atoms with Crippen LogP contribution in [0.1, 0.15) is 36.8 Å². The molecule has 2 fully saturated rings. The number of carbonyl (C=O) groups excluding carboxylic acids is 1. The van der Waals surface area contributed by atoms with Crippen molar-refractivity contribution in [1.29, 1.82) is 0 Å². The van der Waals surface area contributed by atoms with E-state index in [1.165, 1.54) is 5.56 Å². The van der Waals surface area contributed by atoms with Gasteiger partial charge < -0.3 is 4.90 Å². The van der Waals surface area contributed by atoms with Gasteiger partial charge in [-0.2, -0.15) is 17.0 Å². The smallest absolute Gasteiger partial charge is 0.282 e. The quantitative estimate of drug-likeness (QED) is 0.804. The maximum absolute atomic E-state index is 13.0. The lowest BCUT2D eigenvalue weighted by atomic mass is 9.97. The Balaban J connectivity index is 1.38. The van der Waals surface area contributed by atoms with E-state index in [1.54, 1.807) is 8.61 Å². The first-order valence-corrected chi connectivity index (χ1v) is 11.1. The first-order valence-electron chi connectivity index (χ1n) is 9.66. The van der Waals surface area contributed by atoms with Crippen molar-refractivity contribution in [2.75, 3.05) is 32.7 Å². The summed E-state index contributed by atoms with van der Waals surface area (Å²) in [6.07, 6.45) is 4.22. The topological polar surface area (TPSA) is 60.9 Å². The third-order valence-corrected chi connectivity index (χ3v) is 7.95. The first kappa shape index (κ1) is 17.9. The Kier molecular flexibility index (Phi) is 5.03. The van der Waals surface area contributed by atoms with Crippen LogP contribution in [0.15, 0.2) is 24.3 Å². The second-order valence-corrected chi connectivity index (χ2v) is 9.49. The Labute approximate surface area is 155 Å². The van der Waals surface area contributed by atoms with Gasteiger partial charge in [0, 0.05) is 45.2 Å². The molecule has 0 radical (unpaired) electrons. The van der Waals surface area contributed by atoms with Gasteiger partial charge >= 0.3 is 0 Å². The molecule has 1 aromatic carbocycles. The van der Waals surface area contributed by atoms with E-state index in [4.69, 9.17) is 0 Å². The van der Waals surface area contributed by atoms with Crippen molar-refractivity contribution in [1.82, 2.24) is 13.5 Å². The molecule has 1 amide bonds. The van der Waals surface area contributed by atoms with Crippen molar-refractivity contribution in [3.05, 3.63) is 35.4 Å². The minimum absolute atomic E-state index is 0.0124. The molecule has 3 aliphatic heterocycles. The van der Waals surface area contributed by atoms with Crippen LogP contribution in [-0.4, -0.2) is 60.6 Å². The van der Waals surface area contributed by atoms with Crippen LogP contribution < -0.4 is 0 Å². The van der Waals surface area contributed by atoms with E-state index in [2.05, 4.69) is 6.07 Å². The van der Waals surface area contributed by atoms with Crippen molar-refractivity contribution < 1.29 is 13.2 Å². The lowest BCUT2D eigenvalue weighted by molar-refractivity contribution is -0.135. The van der Waals surface area contributed by atoms with E-state index < -0.39 is 10.2 Å². The summed E-state index contributed by atoms with van der Waals surface area (Å²) in [4.78, 5) is 14.5. The molecular weight excluding hydrogens is 350 g/mol. The molecule has 142 valence electrons. The Morgan fingerprint density at radius 2 is 1.54 bits per heavy atom. The molecular formula is C19H27N3O3S. The molecule has 1 aromatic rings. The zero-order valence-electron chi connectivity index (χ0n) is 15.1. The molecule has 0 N–H and O–H groups in total. The summed E-state index contributed by atoms with van der Waals surface area (Å²) in [7, 11) is -3.45. The van der Waals surface area contributed by atoms with Gasteiger partial charge in [-0.3, -0.25) is 4.79 Å². The van der Waals surface area contributed by atoms with Crippen LogP contribution in [0.2, 0.25) is 0 Å². The van der Waals surface area contributed by atoms with E-state index in [9.17, 15) is 13.2 Å². The number of hydrogen-bond donors (Lipinski definition) is 0. The van der Waals surface area contributed by atoms with Gasteiger partial charge in [0.15, 0.2) is 0 Å². The van der Waals surface area contributed by atoms with Crippen molar-refractivity contribution in [2.45, 2.75) is 38.6 Å². The fourth-order valence-corrected chi connectivity index (χ4v) is 5.98. The number of carbonyl (C=O) groups is 1. The highest BCUT2D eigenvalue weighted by atomic mass is 32.2. The van der Waals surface area contributed by atoms with E-state index in [0.29, 0.717) is 39.0 Å². The SMILES string of the molecule is O=C(C1CCN(S(=O)(=O)N2CCc3ccccc3C2)CC1)N1CCCC1. The van der Waals surface area contributed by atoms with Crippen LogP contribution in [-0.2, 0) is 28.0 Å². The van der Waals surface area contributed by atoms with E-state index in [-0.39, 0.29) is 11.8 Å². The number of hydrogen-bond acceptors (Lipinski definition) is 3. The Bertz CT molecular complexity index is 766. The fourth-order valence-electron chi connectivity index (χ4n) is 4.36. The van der Waals surface area contributed by atoms with E-state index >= 15 is 0 Å². The van der Waals surface area contributed by atoms with Gasteiger partial charge in [-0.05, 0) is 43.2 Å². The summed E-state index contributed by atoms with van der Waals surface area (Å²) in [6, 6.07) is 8.06. The summed E-state index contributed by atoms with van der Waals surface area (Å²) < 4.78 is 29.3. The van der Waals surface area contributed by atoms with Gasteiger partial charge in [-0.25, -0.2) is 0 Å². The molecule has 0 aromatic heterocycles. The predicted molar refractivity (Wildman–Crippen MR) is 99.6 cm³/mol. The Hall–Kier alpha value is -1.44. The fraction of sp³-hybridized carbons (Fsp3) is 0.632. The van der Waals surface area contributed by atoms with Gasteiger partial charge in [-0.15, -0.1) is 0 Å². The third kappa shape index (κ3) is 3.40. The lowest BCUT2D eigenvalue weighted by Crippen LogP contribution is -2.50. The van der Waals surface area contributed by atoms with Gasteiger partial charge in [-0.1, -0.05) is 24.3 Å². The summed E-state index contributed by atoms with van der Waals surface area (Å²) in [5.74, 6) is 0.216. The number of amides is 1.